The molecule has 1 aromatic heterocycles. The second-order valence-corrected chi connectivity index (χ2v) is 9.16. The Bertz CT molecular complexity index is 1290. The summed E-state index contributed by atoms with van der Waals surface area (Å²) in [6, 6.07) is 16.5. The molecular formula is C31H37N5O. The Morgan fingerprint density at radius 2 is 1.95 bits per heavy atom. The lowest BCUT2D eigenvalue weighted by Gasteiger charge is -2.33. The van der Waals surface area contributed by atoms with E-state index in [1.165, 1.54) is 30.2 Å². The van der Waals surface area contributed by atoms with E-state index in [0.717, 1.165) is 48.0 Å². The molecule has 2 aromatic carbocycles. The van der Waals surface area contributed by atoms with Crippen molar-refractivity contribution in [2.75, 3.05) is 31.8 Å². The smallest absolute Gasteiger partial charge is 0.152 e. The minimum absolute atomic E-state index is 0.667. The molecule has 6 heteroatoms. The molecule has 3 aromatic rings. The molecule has 0 spiro atoms. The molecule has 2 aliphatic rings. The number of rotatable bonds is 7. The van der Waals surface area contributed by atoms with Crippen molar-refractivity contribution >= 4 is 28.1 Å². The summed E-state index contributed by atoms with van der Waals surface area (Å²) in [6.45, 7) is 12.4. The van der Waals surface area contributed by atoms with Crippen LogP contribution >= 0.6 is 0 Å². The number of ether oxygens (including phenoxy) is 1. The van der Waals surface area contributed by atoms with Crippen LogP contribution in [0.2, 0.25) is 0 Å². The number of allylic oxidation sites excluding steroid dienone is 4. The van der Waals surface area contributed by atoms with E-state index in [9.17, 15) is 0 Å². The first-order valence-corrected chi connectivity index (χ1v) is 12.8. The van der Waals surface area contributed by atoms with Crippen LogP contribution in [-0.4, -0.2) is 42.5 Å². The van der Waals surface area contributed by atoms with Gasteiger partial charge in [-0.1, -0.05) is 49.6 Å². The van der Waals surface area contributed by atoms with Crippen LogP contribution < -0.4 is 10.4 Å². The maximum Gasteiger partial charge on any atom is 0.152 e. The second-order valence-electron chi connectivity index (χ2n) is 9.16. The standard InChI is InChI=1S/C16H14N4.C15H23NO/c1-20-15-5-3-2-4-13(15)18-16(19-20)12-7-6-11-8-9-17-14(11)10-12;1-4-7-15(8-5-2)16-11-9-14(10-12-16)13-17-6-3/h2-10,17H,1H3,(H,18,19);4-8,14H,1,3,9-13H2,2H3/b;8-5-,15-7+. The average molecular weight is 496 g/mol. The zero-order valence-corrected chi connectivity index (χ0v) is 21.9. The Labute approximate surface area is 220 Å². The first-order valence-electron chi connectivity index (χ1n) is 12.8. The van der Waals surface area contributed by atoms with Crippen molar-refractivity contribution in [2.24, 2.45) is 10.9 Å². The molecule has 6 nitrogen and oxygen atoms in total. The number of fused-ring (bicyclic) bond motifs is 2. The molecule has 0 radical (unpaired) electrons. The van der Waals surface area contributed by atoms with E-state index in [4.69, 9.17) is 9.73 Å². The van der Waals surface area contributed by atoms with E-state index in [2.05, 4.69) is 77.0 Å². The van der Waals surface area contributed by atoms with Crippen molar-refractivity contribution in [1.29, 1.82) is 0 Å². The fraction of sp³-hybridized carbons (Fsp3) is 0.258. The number of hydrogen-bond acceptors (Lipinski definition) is 5. The van der Waals surface area contributed by atoms with E-state index >= 15 is 0 Å². The van der Waals surface area contributed by atoms with Gasteiger partial charge in [0.2, 0.25) is 0 Å². The number of hydrazine groups is 1. The van der Waals surface area contributed by atoms with Gasteiger partial charge >= 0.3 is 0 Å². The first-order chi connectivity index (χ1) is 18.1. The van der Waals surface area contributed by atoms with Crippen LogP contribution in [0.3, 0.4) is 0 Å². The third-order valence-electron chi connectivity index (χ3n) is 6.63. The molecule has 0 aliphatic carbocycles. The van der Waals surface area contributed by atoms with Crippen molar-refractivity contribution in [3.63, 3.8) is 0 Å². The molecule has 192 valence electrons. The lowest BCUT2D eigenvalue weighted by Crippen LogP contribution is -2.41. The minimum atomic E-state index is 0.667. The van der Waals surface area contributed by atoms with Crippen molar-refractivity contribution in [2.45, 2.75) is 19.8 Å². The maximum absolute atomic E-state index is 5.26. The molecule has 2 aliphatic heterocycles. The van der Waals surface area contributed by atoms with E-state index in [-0.39, 0.29) is 0 Å². The van der Waals surface area contributed by atoms with Crippen molar-refractivity contribution in [3.05, 3.63) is 110 Å². The van der Waals surface area contributed by atoms with Gasteiger partial charge in [0.25, 0.3) is 0 Å². The van der Waals surface area contributed by atoms with Gasteiger partial charge in [-0.3, -0.25) is 10.4 Å². The average Bonchev–Trinajstić information content (AvgIpc) is 3.41. The number of likely N-dealkylation sites (tertiary alicyclic amines) is 1. The summed E-state index contributed by atoms with van der Waals surface area (Å²) in [7, 11) is 2.00. The fourth-order valence-corrected chi connectivity index (χ4v) is 4.65. The van der Waals surface area contributed by atoms with Gasteiger partial charge in [0.05, 0.1) is 24.2 Å². The van der Waals surface area contributed by atoms with Crippen molar-refractivity contribution in [1.82, 2.24) is 15.3 Å². The Hall–Kier alpha value is -4.19. The summed E-state index contributed by atoms with van der Waals surface area (Å²) < 4.78 is 5.26. The fourth-order valence-electron chi connectivity index (χ4n) is 4.65. The SMILES string of the molecule is C=C/C=C(\C=C/C)N1CCC(COC=C)CC1.CN1NC(c2ccc3cc[nH]c3c2)=Nc2ccccc21. The summed E-state index contributed by atoms with van der Waals surface area (Å²) in [5, 5.41) is 3.20. The normalized spacial score (nSPS) is 15.9. The van der Waals surface area contributed by atoms with Crippen LogP contribution in [0.1, 0.15) is 25.3 Å². The quantitative estimate of drug-likeness (QED) is 0.283. The number of H-pyrrole nitrogens is 1. The molecule has 3 heterocycles. The molecule has 0 amide bonds. The zero-order chi connectivity index (χ0) is 26.0. The highest BCUT2D eigenvalue weighted by Crippen LogP contribution is 2.30. The Balaban J connectivity index is 0.000000176. The number of aromatic amines is 1. The molecule has 0 unspecified atom stereocenters. The number of nitrogens with zero attached hydrogens (tertiary/aromatic N) is 3. The number of nitrogens with one attached hydrogen (secondary N) is 2. The molecule has 37 heavy (non-hydrogen) atoms. The second kappa shape index (κ2) is 12.7. The van der Waals surface area contributed by atoms with E-state index in [1.807, 2.05) is 49.5 Å². The molecule has 5 rings (SSSR count). The predicted molar refractivity (Wildman–Crippen MR) is 156 cm³/mol. The summed E-state index contributed by atoms with van der Waals surface area (Å²) >= 11 is 0. The van der Waals surface area contributed by atoms with Gasteiger partial charge in [-0.15, -0.1) is 0 Å². The molecular weight excluding hydrogens is 458 g/mol. The lowest BCUT2D eigenvalue weighted by molar-refractivity contribution is 0.138. The third kappa shape index (κ3) is 6.53. The molecule has 1 saturated heterocycles. The predicted octanol–water partition coefficient (Wildman–Crippen LogP) is 6.71. The Morgan fingerprint density at radius 1 is 1.14 bits per heavy atom. The van der Waals surface area contributed by atoms with Gasteiger partial charge in [0, 0.05) is 43.1 Å². The van der Waals surface area contributed by atoms with Gasteiger partial charge in [0.15, 0.2) is 5.84 Å². The summed E-state index contributed by atoms with van der Waals surface area (Å²) in [6.07, 6.45) is 14.0. The van der Waals surface area contributed by atoms with Gasteiger partial charge in [0.1, 0.15) is 0 Å². The van der Waals surface area contributed by atoms with E-state index < -0.39 is 0 Å². The minimum Gasteiger partial charge on any atom is -0.502 e. The molecule has 2 N–H and O–H groups in total. The number of piperidine rings is 1. The largest absolute Gasteiger partial charge is 0.502 e. The maximum atomic E-state index is 5.26. The monoisotopic (exact) mass is 495 g/mol. The number of amidine groups is 1. The van der Waals surface area contributed by atoms with Gasteiger partial charge in [-0.2, -0.15) is 0 Å². The Kier molecular flexibility index (Phi) is 8.87. The molecule has 0 atom stereocenters. The third-order valence-corrected chi connectivity index (χ3v) is 6.63. The number of aromatic nitrogens is 1. The van der Waals surface area contributed by atoms with Crippen molar-refractivity contribution in [3.8, 4) is 0 Å². The van der Waals surface area contributed by atoms with E-state index in [1.54, 1.807) is 0 Å². The summed E-state index contributed by atoms with van der Waals surface area (Å²) in [5.74, 6) is 1.53. The lowest BCUT2D eigenvalue weighted by atomic mass is 9.97. The van der Waals surface area contributed by atoms with Crippen LogP contribution in [0.15, 0.2) is 109 Å². The molecule has 0 saturated carbocycles. The summed E-state index contributed by atoms with van der Waals surface area (Å²) in [4.78, 5) is 10.3. The zero-order valence-electron chi connectivity index (χ0n) is 21.9. The highest BCUT2D eigenvalue weighted by atomic mass is 16.5. The first kappa shape index (κ1) is 25.9. The number of para-hydroxylation sites is 2. The van der Waals surface area contributed by atoms with Crippen LogP contribution in [0, 0.1) is 5.92 Å². The Morgan fingerprint density at radius 3 is 2.70 bits per heavy atom. The topological polar surface area (TPSA) is 55.9 Å². The van der Waals surface area contributed by atoms with Gasteiger partial charge in [-0.25, -0.2) is 4.99 Å². The highest BCUT2D eigenvalue weighted by molar-refractivity contribution is 6.05. The number of benzene rings is 2. The number of hydrogen-bond donors (Lipinski definition) is 2. The molecule has 1 fully saturated rings. The molecule has 0 bridgehead atoms. The van der Waals surface area contributed by atoms with Crippen LogP contribution in [-0.2, 0) is 4.74 Å². The summed E-state index contributed by atoms with van der Waals surface area (Å²) in [5.41, 5.74) is 8.82. The van der Waals surface area contributed by atoms with Crippen LogP contribution in [0.25, 0.3) is 10.9 Å². The number of aliphatic imine (C=N–C) groups is 1. The number of anilines is 1. The van der Waals surface area contributed by atoms with E-state index in [0.29, 0.717) is 5.92 Å². The van der Waals surface area contributed by atoms with Crippen molar-refractivity contribution < 1.29 is 4.74 Å². The van der Waals surface area contributed by atoms with Crippen LogP contribution in [0.5, 0.6) is 0 Å². The van der Waals surface area contributed by atoms with Gasteiger partial charge < -0.3 is 14.6 Å². The van der Waals surface area contributed by atoms with Crippen LogP contribution in [0.4, 0.5) is 11.4 Å². The highest BCUT2D eigenvalue weighted by Gasteiger charge is 2.20. The van der Waals surface area contributed by atoms with Gasteiger partial charge in [-0.05, 0) is 67.5 Å².